The minimum Gasteiger partial charge on any atom is -0.278 e. The van der Waals surface area contributed by atoms with Crippen LogP contribution in [0.2, 0.25) is 0 Å². The predicted octanol–water partition coefficient (Wildman–Crippen LogP) is 5.65. The molecule has 5 aromatic rings. The molecule has 0 bridgehead atoms. The number of hydrogen-bond donors (Lipinski definition) is 1. The number of fused-ring (bicyclic) bond motifs is 2. The zero-order valence-corrected chi connectivity index (χ0v) is 16.6. The Labute approximate surface area is 172 Å². The van der Waals surface area contributed by atoms with Crippen molar-refractivity contribution in [2.75, 3.05) is 0 Å². The first-order valence-electron chi connectivity index (χ1n) is 10.3. The highest BCUT2D eigenvalue weighted by molar-refractivity contribution is 5.96. The first-order valence-corrected chi connectivity index (χ1v) is 10.3. The second kappa shape index (κ2) is 6.49. The number of nitrogens with zero attached hydrogens (tertiary/aromatic N) is 4. The molecule has 0 amide bonds. The molecule has 2 aromatic carbocycles. The van der Waals surface area contributed by atoms with Gasteiger partial charge in [0.25, 0.3) is 0 Å². The van der Waals surface area contributed by atoms with Crippen molar-refractivity contribution in [1.82, 2.24) is 24.8 Å². The van der Waals surface area contributed by atoms with Crippen molar-refractivity contribution in [1.29, 1.82) is 0 Å². The average molecular weight is 397 g/mol. The molecule has 1 N–H and O–H groups in total. The number of nitrogens with one attached hydrogen (secondary N) is 1. The van der Waals surface area contributed by atoms with Crippen LogP contribution in [0.25, 0.3) is 38.8 Å². The van der Waals surface area contributed by atoms with Gasteiger partial charge in [0.05, 0.1) is 11.7 Å². The topological polar surface area (TPSA) is 58.9 Å². The van der Waals surface area contributed by atoms with E-state index in [1.54, 1.807) is 0 Å². The SMILES string of the molecule is Cc1cc(-c2c(-c3ccc(F)cc3)ccn3nc(C4CCC4)nc23)cc2cn[nH]c12. The smallest absolute Gasteiger partial charge is 0.164 e. The Hall–Kier alpha value is -3.54. The molecule has 0 aliphatic heterocycles. The molecule has 3 aromatic heterocycles. The monoisotopic (exact) mass is 397 g/mol. The van der Waals surface area contributed by atoms with E-state index in [1.165, 1.54) is 18.6 Å². The predicted molar refractivity (Wildman–Crippen MR) is 115 cm³/mol. The standard InChI is InChI=1S/C24H20FN5/c1-14-11-17(12-18-13-26-28-22(14)18)21-20(15-5-7-19(25)8-6-15)9-10-30-24(21)27-23(29-30)16-3-2-4-16/h5-13,16H,2-4H2,1H3,(H,26,28). The highest BCUT2D eigenvalue weighted by Crippen LogP contribution is 2.39. The Balaban J connectivity index is 1.65. The first kappa shape index (κ1) is 17.3. The van der Waals surface area contributed by atoms with Crippen LogP contribution in [0.1, 0.15) is 36.6 Å². The molecule has 0 saturated heterocycles. The zero-order valence-electron chi connectivity index (χ0n) is 16.6. The number of hydrogen-bond acceptors (Lipinski definition) is 3. The number of rotatable bonds is 3. The van der Waals surface area contributed by atoms with Crippen molar-refractivity contribution < 1.29 is 4.39 Å². The maximum Gasteiger partial charge on any atom is 0.164 e. The molecular formula is C24H20FN5. The number of halogens is 1. The van der Waals surface area contributed by atoms with Crippen LogP contribution in [0, 0.1) is 12.7 Å². The zero-order chi connectivity index (χ0) is 20.2. The molecule has 0 spiro atoms. The molecule has 0 unspecified atom stereocenters. The minimum absolute atomic E-state index is 0.244. The Morgan fingerprint density at radius 2 is 1.90 bits per heavy atom. The molecule has 1 aliphatic rings. The summed E-state index contributed by atoms with van der Waals surface area (Å²) in [7, 11) is 0. The minimum atomic E-state index is -0.244. The highest BCUT2D eigenvalue weighted by Gasteiger charge is 2.25. The number of aromatic amines is 1. The lowest BCUT2D eigenvalue weighted by Crippen LogP contribution is -2.10. The molecule has 6 rings (SSSR count). The van der Waals surface area contributed by atoms with Gasteiger partial charge in [0.1, 0.15) is 5.82 Å². The van der Waals surface area contributed by atoms with Gasteiger partial charge in [0, 0.05) is 23.1 Å². The van der Waals surface area contributed by atoms with Crippen LogP contribution in [0.4, 0.5) is 4.39 Å². The van der Waals surface area contributed by atoms with Crippen molar-refractivity contribution >= 4 is 16.6 Å². The fourth-order valence-corrected chi connectivity index (χ4v) is 4.34. The summed E-state index contributed by atoms with van der Waals surface area (Å²) in [6.07, 6.45) is 7.33. The lowest BCUT2D eigenvalue weighted by atomic mass is 9.85. The van der Waals surface area contributed by atoms with Crippen LogP contribution in [0.5, 0.6) is 0 Å². The second-order valence-electron chi connectivity index (χ2n) is 8.10. The van der Waals surface area contributed by atoms with Gasteiger partial charge >= 0.3 is 0 Å². The van der Waals surface area contributed by atoms with Crippen LogP contribution in [0.3, 0.4) is 0 Å². The third kappa shape index (κ3) is 2.64. The van der Waals surface area contributed by atoms with E-state index in [1.807, 2.05) is 35.1 Å². The Kier molecular flexibility index (Phi) is 3.75. The van der Waals surface area contributed by atoms with E-state index in [-0.39, 0.29) is 5.82 Å². The Morgan fingerprint density at radius 3 is 2.67 bits per heavy atom. The quantitative estimate of drug-likeness (QED) is 0.428. The Morgan fingerprint density at radius 1 is 1.07 bits per heavy atom. The number of aryl methyl sites for hydroxylation is 1. The molecule has 1 fully saturated rings. The maximum atomic E-state index is 13.6. The van der Waals surface area contributed by atoms with Gasteiger partial charge in [-0.3, -0.25) is 5.10 Å². The van der Waals surface area contributed by atoms with E-state index in [0.29, 0.717) is 5.92 Å². The number of pyridine rings is 1. The Bertz CT molecular complexity index is 1390. The van der Waals surface area contributed by atoms with E-state index < -0.39 is 0 Å². The van der Waals surface area contributed by atoms with Gasteiger partial charge in [-0.15, -0.1) is 0 Å². The highest BCUT2D eigenvalue weighted by atomic mass is 19.1. The van der Waals surface area contributed by atoms with E-state index in [0.717, 1.165) is 63.0 Å². The molecule has 6 heteroatoms. The van der Waals surface area contributed by atoms with Gasteiger partial charge in [0.2, 0.25) is 0 Å². The second-order valence-corrected chi connectivity index (χ2v) is 8.10. The molecule has 30 heavy (non-hydrogen) atoms. The number of H-pyrrole nitrogens is 1. The summed E-state index contributed by atoms with van der Waals surface area (Å²) >= 11 is 0. The van der Waals surface area contributed by atoms with Crippen LogP contribution in [0.15, 0.2) is 54.9 Å². The fraction of sp³-hybridized carbons (Fsp3) is 0.208. The van der Waals surface area contributed by atoms with Gasteiger partial charge in [-0.25, -0.2) is 13.9 Å². The van der Waals surface area contributed by atoms with E-state index in [2.05, 4.69) is 29.3 Å². The van der Waals surface area contributed by atoms with E-state index in [4.69, 9.17) is 10.1 Å². The van der Waals surface area contributed by atoms with Crippen molar-refractivity contribution in [2.24, 2.45) is 0 Å². The molecule has 0 radical (unpaired) electrons. The van der Waals surface area contributed by atoms with Crippen LogP contribution < -0.4 is 0 Å². The summed E-state index contributed by atoms with van der Waals surface area (Å²) in [6.45, 7) is 2.07. The lowest BCUT2D eigenvalue weighted by molar-refractivity contribution is 0.402. The van der Waals surface area contributed by atoms with Gasteiger partial charge in [-0.2, -0.15) is 10.2 Å². The van der Waals surface area contributed by atoms with Gasteiger partial charge in [-0.1, -0.05) is 18.6 Å². The number of aromatic nitrogens is 5. The van der Waals surface area contributed by atoms with Crippen molar-refractivity contribution in [3.05, 3.63) is 72.1 Å². The van der Waals surface area contributed by atoms with E-state index >= 15 is 0 Å². The third-order valence-corrected chi connectivity index (χ3v) is 6.18. The summed E-state index contributed by atoms with van der Waals surface area (Å²) in [5.41, 5.74) is 7.01. The lowest BCUT2D eigenvalue weighted by Gasteiger charge is -2.21. The fourth-order valence-electron chi connectivity index (χ4n) is 4.34. The third-order valence-electron chi connectivity index (χ3n) is 6.18. The normalized spacial score (nSPS) is 14.5. The summed E-state index contributed by atoms with van der Waals surface area (Å²) in [5.74, 6) is 1.12. The molecule has 5 nitrogen and oxygen atoms in total. The van der Waals surface area contributed by atoms with Crippen molar-refractivity contribution in [2.45, 2.75) is 32.1 Å². The van der Waals surface area contributed by atoms with Gasteiger partial charge in [-0.05, 0) is 72.4 Å². The largest absolute Gasteiger partial charge is 0.278 e. The summed E-state index contributed by atoms with van der Waals surface area (Å²) < 4.78 is 15.5. The van der Waals surface area contributed by atoms with Gasteiger partial charge < -0.3 is 0 Å². The summed E-state index contributed by atoms with van der Waals surface area (Å²) in [6, 6.07) is 13.0. The summed E-state index contributed by atoms with van der Waals surface area (Å²) in [5, 5.41) is 13.1. The molecule has 1 aliphatic carbocycles. The van der Waals surface area contributed by atoms with Crippen LogP contribution in [-0.4, -0.2) is 24.8 Å². The van der Waals surface area contributed by atoms with Crippen molar-refractivity contribution in [3.63, 3.8) is 0 Å². The first-order chi connectivity index (χ1) is 14.7. The van der Waals surface area contributed by atoms with Crippen molar-refractivity contribution in [3.8, 4) is 22.3 Å². The summed E-state index contributed by atoms with van der Waals surface area (Å²) in [4.78, 5) is 4.97. The molecule has 1 saturated carbocycles. The molecule has 148 valence electrons. The van der Waals surface area contributed by atoms with Crippen LogP contribution in [-0.2, 0) is 0 Å². The van der Waals surface area contributed by atoms with Crippen LogP contribution >= 0.6 is 0 Å². The number of benzene rings is 2. The molecular weight excluding hydrogens is 377 g/mol. The maximum absolute atomic E-state index is 13.6. The average Bonchev–Trinajstić information content (AvgIpc) is 3.33. The molecule has 3 heterocycles. The van der Waals surface area contributed by atoms with E-state index in [9.17, 15) is 4.39 Å². The van der Waals surface area contributed by atoms with Gasteiger partial charge in [0.15, 0.2) is 11.5 Å². The molecule has 0 atom stereocenters.